The molecule has 0 amide bonds. The van der Waals surface area contributed by atoms with Gasteiger partial charge in [0, 0.05) is 0 Å². The molecule has 94 valence electrons. The number of benzene rings is 1. The molecule has 8 heteroatoms. The molecular formula is C10H10FN5O2. The van der Waals surface area contributed by atoms with Crippen molar-refractivity contribution in [2.45, 2.75) is 6.92 Å². The molecule has 4 N–H and O–H groups in total. The number of nitrogens with zero attached hydrogens (tertiary/aromatic N) is 3. The standard InChI is InChI=1S/C10H10FN5O2/c1-5-4-6(2-3-7(5)11)16(17)10(13)8-9(12)15-18-14-8/h2-4,13,17H,1H3,(H2,12,15). The highest BCUT2D eigenvalue weighted by Crippen LogP contribution is 2.19. The number of halogens is 1. The predicted octanol–water partition coefficient (Wildman–Crippen LogP) is 1.32. The molecule has 7 nitrogen and oxygen atoms in total. The van der Waals surface area contributed by atoms with Crippen molar-refractivity contribution in [2.24, 2.45) is 0 Å². The van der Waals surface area contributed by atoms with Gasteiger partial charge in [0.25, 0.3) is 0 Å². The molecule has 0 aliphatic heterocycles. The van der Waals surface area contributed by atoms with E-state index in [4.69, 9.17) is 11.1 Å². The SMILES string of the molecule is Cc1cc(N(O)C(=N)c2nonc2N)ccc1F. The maximum Gasteiger partial charge on any atom is 0.199 e. The average molecular weight is 251 g/mol. The fourth-order valence-electron chi connectivity index (χ4n) is 1.35. The van der Waals surface area contributed by atoms with Crippen molar-refractivity contribution >= 4 is 17.3 Å². The average Bonchev–Trinajstić information content (AvgIpc) is 2.77. The van der Waals surface area contributed by atoms with Crippen LogP contribution >= 0.6 is 0 Å². The quantitative estimate of drug-likeness (QED) is 0.421. The van der Waals surface area contributed by atoms with E-state index in [1.807, 2.05) is 0 Å². The zero-order chi connectivity index (χ0) is 13.3. The first-order valence-corrected chi connectivity index (χ1v) is 4.93. The number of nitrogens with one attached hydrogen (secondary N) is 1. The normalized spacial score (nSPS) is 10.4. The molecule has 0 fully saturated rings. The largest absolute Gasteiger partial charge is 0.379 e. The monoisotopic (exact) mass is 251 g/mol. The van der Waals surface area contributed by atoms with E-state index in [0.717, 1.165) is 0 Å². The molecular weight excluding hydrogens is 241 g/mol. The van der Waals surface area contributed by atoms with E-state index >= 15 is 0 Å². The number of hydrogen-bond acceptors (Lipinski definition) is 6. The van der Waals surface area contributed by atoms with Crippen molar-refractivity contribution in [3.05, 3.63) is 35.3 Å². The zero-order valence-corrected chi connectivity index (χ0v) is 9.38. The summed E-state index contributed by atoms with van der Waals surface area (Å²) in [5.74, 6) is -0.932. The Hall–Kier alpha value is -2.48. The molecule has 18 heavy (non-hydrogen) atoms. The summed E-state index contributed by atoms with van der Waals surface area (Å²) in [5.41, 5.74) is 5.86. The summed E-state index contributed by atoms with van der Waals surface area (Å²) >= 11 is 0. The van der Waals surface area contributed by atoms with Crippen molar-refractivity contribution in [1.29, 1.82) is 5.41 Å². The van der Waals surface area contributed by atoms with Gasteiger partial charge in [-0.1, -0.05) is 0 Å². The first-order valence-electron chi connectivity index (χ1n) is 4.93. The molecule has 1 aromatic heterocycles. The highest BCUT2D eigenvalue weighted by molar-refractivity contribution is 6.07. The Morgan fingerprint density at radius 1 is 1.50 bits per heavy atom. The van der Waals surface area contributed by atoms with Crippen LogP contribution in [0, 0.1) is 18.2 Å². The van der Waals surface area contributed by atoms with Gasteiger partial charge in [0.1, 0.15) is 5.82 Å². The van der Waals surface area contributed by atoms with Crippen LogP contribution in [0.5, 0.6) is 0 Å². The fourth-order valence-corrected chi connectivity index (χ4v) is 1.35. The lowest BCUT2D eigenvalue weighted by Gasteiger charge is -2.16. The first-order chi connectivity index (χ1) is 8.50. The molecule has 0 saturated heterocycles. The number of hydrogen-bond donors (Lipinski definition) is 3. The minimum Gasteiger partial charge on any atom is -0.379 e. The van der Waals surface area contributed by atoms with Crippen LogP contribution in [-0.2, 0) is 0 Å². The summed E-state index contributed by atoms with van der Waals surface area (Å²) in [6.45, 7) is 1.54. The van der Waals surface area contributed by atoms with Crippen molar-refractivity contribution in [1.82, 2.24) is 10.3 Å². The van der Waals surface area contributed by atoms with Crippen LogP contribution in [0.15, 0.2) is 22.8 Å². The molecule has 0 radical (unpaired) electrons. The van der Waals surface area contributed by atoms with Crippen LogP contribution in [0.1, 0.15) is 11.3 Å². The molecule has 0 spiro atoms. The van der Waals surface area contributed by atoms with E-state index in [2.05, 4.69) is 14.9 Å². The van der Waals surface area contributed by atoms with Crippen LogP contribution < -0.4 is 10.8 Å². The Morgan fingerprint density at radius 3 is 2.78 bits per heavy atom. The van der Waals surface area contributed by atoms with Crippen LogP contribution in [-0.4, -0.2) is 21.4 Å². The minimum atomic E-state index is -0.417. The number of nitrogens with two attached hydrogens (primary N) is 1. The summed E-state index contributed by atoms with van der Waals surface area (Å²) in [5, 5.41) is 24.7. The predicted molar refractivity (Wildman–Crippen MR) is 60.9 cm³/mol. The molecule has 1 heterocycles. The number of amidine groups is 1. The van der Waals surface area contributed by atoms with E-state index < -0.39 is 11.7 Å². The molecule has 2 aromatic rings. The number of hydroxylamine groups is 1. The lowest BCUT2D eigenvalue weighted by Crippen LogP contribution is -2.28. The third-order valence-corrected chi connectivity index (χ3v) is 2.34. The third-order valence-electron chi connectivity index (χ3n) is 2.34. The van der Waals surface area contributed by atoms with Crippen molar-refractivity contribution in [3.8, 4) is 0 Å². The second-order valence-corrected chi connectivity index (χ2v) is 3.59. The Bertz CT molecular complexity index is 598. The Kier molecular flexibility index (Phi) is 2.94. The number of aryl methyl sites for hydroxylation is 1. The topological polar surface area (TPSA) is 112 Å². The molecule has 0 bridgehead atoms. The Morgan fingerprint density at radius 2 is 2.22 bits per heavy atom. The summed E-state index contributed by atoms with van der Waals surface area (Å²) in [4.78, 5) is 0. The maximum absolute atomic E-state index is 13.1. The molecule has 0 atom stereocenters. The van der Waals surface area contributed by atoms with E-state index in [1.54, 1.807) is 6.92 Å². The van der Waals surface area contributed by atoms with Gasteiger partial charge in [-0.05, 0) is 41.0 Å². The van der Waals surface area contributed by atoms with E-state index in [0.29, 0.717) is 10.6 Å². The van der Waals surface area contributed by atoms with Gasteiger partial charge in [0.15, 0.2) is 17.3 Å². The van der Waals surface area contributed by atoms with E-state index in [-0.39, 0.29) is 17.2 Å². The molecule has 0 saturated carbocycles. The second-order valence-electron chi connectivity index (χ2n) is 3.59. The van der Waals surface area contributed by atoms with Gasteiger partial charge in [-0.15, -0.1) is 0 Å². The van der Waals surface area contributed by atoms with E-state index in [9.17, 15) is 9.60 Å². The number of rotatable bonds is 2. The highest BCUT2D eigenvalue weighted by atomic mass is 19.1. The fraction of sp³-hybridized carbons (Fsp3) is 0.100. The molecule has 0 aliphatic carbocycles. The maximum atomic E-state index is 13.1. The van der Waals surface area contributed by atoms with Gasteiger partial charge in [-0.25, -0.2) is 14.1 Å². The zero-order valence-electron chi connectivity index (χ0n) is 9.38. The summed E-state index contributed by atoms with van der Waals surface area (Å²) in [6.07, 6.45) is 0. The van der Waals surface area contributed by atoms with Crippen LogP contribution in [0.4, 0.5) is 15.9 Å². The van der Waals surface area contributed by atoms with Gasteiger partial charge in [0.2, 0.25) is 0 Å². The van der Waals surface area contributed by atoms with Crippen molar-refractivity contribution in [2.75, 3.05) is 10.8 Å². The number of anilines is 2. The second kappa shape index (κ2) is 4.41. The lowest BCUT2D eigenvalue weighted by atomic mass is 10.2. The first kappa shape index (κ1) is 12.0. The summed E-state index contributed by atoms with van der Waals surface area (Å²) in [7, 11) is 0. The smallest absolute Gasteiger partial charge is 0.199 e. The number of nitrogen functional groups attached to an aromatic ring is 1. The van der Waals surface area contributed by atoms with Crippen LogP contribution in [0.25, 0.3) is 0 Å². The van der Waals surface area contributed by atoms with Gasteiger partial charge in [-0.2, -0.15) is 0 Å². The van der Waals surface area contributed by atoms with Crippen molar-refractivity contribution in [3.63, 3.8) is 0 Å². The Balaban J connectivity index is 2.31. The molecule has 1 aromatic carbocycles. The highest BCUT2D eigenvalue weighted by Gasteiger charge is 2.19. The molecule has 0 aliphatic rings. The van der Waals surface area contributed by atoms with Gasteiger partial charge >= 0.3 is 0 Å². The lowest BCUT2D eigenvalue weighted by molar-refractivity contribution is 0.300. The van der Waals surface area contributed by atoms with Crippen LogP contribution in [0.2, 0.25) is 0 Å². The minimum absolute atomic E-state index is 0.0977. The number of aromatic nitrogens is 2. The summed E-state index contributed by atoms with van der Waals surface area (Å²) in [6, 6.07) is 3.89. The molecule has 0 unspecified atom stereocenters. The Labute approximate surface area is 101 Å². The van der Waals surface area contributed by atoms with Gasteiger partial charge < -0.3 is 5.73 Å². The molecule has 2 rings (SSSR count). The van der Waals surface area contributed by atoms with Crippen LogP contribution in [0.3, 0.4) is 0 Å². The van der Waals surface area contributed by atoms with Gasteiger partial charge in [0.05, 0.1) is 5.69 Å². The third kappa shape index (κ3) is 2.00. The van der Waals surface area contributed by atoms with Crippen molar-refractivity contribution < 1.29 is 14.2 Å². The summed E-state index contributed by atoms with van der Waals surface area (Å²) < 4.78 is 17.4. The van der Waals surface area contributed by atoms with Gasteiger partial charge in [-0.3, -0.25) is 10.6 Å². The van der Waals surface area contributed by atoms with E-state index in [1.165, 1.54) is 18.2 Å².